The quantitative estimate of drug-likeness (QED) is 0.653. The molecule has 32 heavy (non-hydrogen) atoms. The van der Waals surface area contributed by atoms with Crippen molar-refractivity contribution in [3.05, 3.63) is 60.3 Å². The molecule has 0 unspecified atom stereocenters. The van der Waals surface area contributed by atoms with Gasteiger partial charge in [0.25, 0.3) is 0 Å². The minimum Gasteiger partial charge on any atom is -0.338 e. The number of rotatable bonds is 3. The summed E-state index contributed by atoms with van der Waals surface area (Å²) in [5, 5.41) is 6.79. The van der Waals surface area contributed by atoms with Crippen molar-refractivity contribution >= 4 is 27.8 Å². The van der Waals surface area contributed by atoms with Crippen LogP contribution in [-0.2, 0) is 15.4 Å². The van der Waals surface area contributed by atoms with Crippen molar-refractivity contribution in [3.63, 3.8) is 0 Å². The fourth-order valence-electron chi connectivity index (χ4n) is 4.55. The van der Waals surface area contributed by atoms with Gasteiger partial charge in [0.2, 0.25) is 15.9 Å². The Bertz CT molecular complexity index is 1250. The lowest BCUT2D eigenvalue weighted by Crippen LogP contribution is -2.48. The number of hydrogen-bond acceptors (Lipinski definition) is 6. The van der Waals surface area contributed by atoms with Crippen LogP contribution in [-0.4, -0.2) is 55.4 Å². The zero-order valence-electron chi connectivity index (χ0n) is 17.6. The van der Waals surface area contributed by atoms with Gasteiger partial charge in [-0.3, -0.25) is 9.62 Å². The molecule has 2 aliphatic heterocycles. The summed E-state index contributed by atoms with van der Waals surface area (Å²) in [4.78, 5) is 18.8. The normalized spacial score (nSPS) is 17.4. The average Bonchev–Trinajstić information content (AvgIpc) is 3.38. The SMILES string of the molecule is CS(=O)(=O)N1CC2(CCN(C(=O)Nc3cc(-c4ccccc4)no3)CC2)c2cccnc21. The number of hydrogen-bond donors (Lipinski definition) is 1. The molecule has 0 atom stereocenters. The third kappa shape index (κ3) is 3.60. The number of fused-ring (bicyclic) bond motifs is 2. The first kappa shape index (κ1) is 20.5. The second-order valence-electron chi connectivity index (χ2n) is 8.28. The van der Waals surface area contributed by atoms with Crippen molar-refractivity contribution in [2.45, 2.75) is 18.3 Å². The van der Waals surface area contributed by atoms with E-state index in [0.717, 1.165) is 11.1 Å². The van der Waals surface area contributed by atoms with Gasteiger partial charge in [-0.25, -0.2) is 18.2 Å². The highest BCUT2D eigenvalue weighted by atomic mass is 32.2. The van der Waals surface area contributed by atoms with Gasteiger partial charge in [0.15, 0.2) is 0 Å². The zero-order valence-corrected chi connectivity index (χ0v) is 18.4. The van der Waals surface area contributed by atoms with Crippen molar-refractivity contribution in [1.29, 1.82) is 0 Å². The molecule has 0 aliphatic carbocycles. The Balaban J connectivity index is 1.27. The standard InChI is InChI=1S/C22H23N5O4S/c1-32(29,30)27-15-22(17-8-5-11-23-20(17)27)9-12-26(13-10-22)21(28)24-19-14-18(25-31-19)16-6-3-2-4-7-16/h2-8,11,14H,9-10,12-13,15H2,1H3,(H,24,28). The van der Waals surface area contributed by atoms with Gasteiger partial charge < -0.3 is 9.42 Å². The summed E-state index contributed by atoms with van der Waals surface area (Å²) in [6, 6.07) is 14.8. The maximum atomic E-state index is 12.8. The van der Waals surface area contributed by atoms with Crippen LogP contribution in [0.25, 0.3) is 11.3 Å². The zero-order chi connectivity index (χ0) is 22.3. The highest BCUT2D eigenvalue weighted by Gasteiger charge is 2.48. The lowest BCUT2D eigenvalue weighted by Gasteiger charge is -2.39. The number of benzene rings is 1. The molecule has 1 spiro atoms. The first-order valence-electron chi connectivity index (χ1n) is 10.4. The maximum absolute atomic E-state index is 12.8. The number of pyridine rings is 1. The van der Waals surface area contributed by atoms with E-state index >= 15 is 0 Å². The van der Waals surface area contributed by atoms with Gasteiger partial charge in [-0.2, -0.15) is 0 Å². The van der Waals surface area contributed by atoms with E-state index < -0.39 is 10.0 Å². The molecule has 1 saturated heterocycles. The smallest absolute Gasteiger partial charge is 0.324 e. The van der Waals surface area contributed by atoms with Gasteiger partial charge in [0, 0.05) is 48.4 Å². The molecule has 2 aromatic heterocycles. The van der Waals surface area contributed by atoms with Crippen molar-refractivity contribution in [1.82, 2.24) is 15.0 Å². The molecule has 3 aromatic rings. The van der Waals surface area contributed by atoms with Crippen LogP contribution in [0, 0.1) is 0 Å². The Hall–Kier alpha value is -3.40. The number of piperidine rings is 1. The number of nitrogens with one attached hydrogen (secondary N) is 1. The highest BCUT2D eigenvalue weighted by Crippen LogP contribution is 2.46. The van der Waals surface area contributed by atoms with Crippen molar-refractivity contribution in [2.75, 3.05) is 35.5 Å². The Morgan fingerprint density at radius 2 is 1.88 bits per heavy atom. The predicted octanol–water partition coefficient (Wildman–Crippen LogP) is 3.08. The van der Waals surface area contributed by atoms with Gasteiger partial charge >= 0.3 is 6.03 Å². The second-order valence-corrected chi connectivity index (χ2v) is 10.2. The predicted molar refractivity (Wildman–Crippen MR) is 120 cm³/mol. The van der Waals surface area contributed by atoms with E-state index in [-0.39, 0.29) is 17.3 Å². The monoisotopic (exact) mass is 453 g/mol. The van der Waals surface area contributed by atoms with Crippen LogP contribution in [0.1, 0.15) is 18.4 Å². The Morgan fingerprint density at radius 1 is 1.12 bits per heavy atom. The minimum atomic E-state index is -3.42. The summed E-state index contributed by atoms with van der Waals surface area (Å²) in [5.74, 6) is 0.788. The van der Waals surface area contributed by atoms with Crippen LogP contribution < -0.4 is 9.62 Å². The molecule has 0 saturated carbocycles. The average molecular weight is 454 g/mol. The number of amides is 2. The summed E-state index contributed by atoms with van der Waals surface area (Å²) in [5.41, 5.74) is 2.15. The molecule has 1 fully saturated rings. The Kier molecular flexibility index (Phi) is 4.89. The third-order valence-corrected chi connectivity index (χ3v) is 7.36. The van der Waals surface area contributed by atoms with Crippen LogP contribution in [0.3, 0.4) is 0 Å². The first-order chi connectivity index (χ1) is 15.4. The third-order valence-electron chi connectivity index (χ3n) is 6.26. The van der Waals surface area contributed by atoms with Crippen LogP contribution in [0.4, 0.5) is 16.5 Å². The van der Waals surface area contributed by atoms with E-state index in [4.69, 9.17) is 4.52 Å². The molecule has 2 amide bonds. The number of aromatic nitrogens is 2. The molecule has 1 N–H and O–H groups in total. The summed E-state index contributed by atoms with van der Waals surface area (Å²) >= 11 is 0. The number of anilines is 2. The van der Waals surface area contributed by atoms with E-state index in [1.54, 1.807) is 17.2 Å². The van der Waals surface area contributed by atoms with Crippen LogP contribution in [0.15, 0.2) is 59.3 Å². The minimum absolute atomic E-state index is 0.264. The molecule has 1 aromatic carbocycles. The number of nitrogens with zero attached hydrogens (tertiary/aromatic N) is 4. The molecule has 0 bridgehead atoms. The van der Waals surface area contributed by atoms with Crippen molar-refractivity contribution in [2.24, 2.45) is 0 Å². The molecule has 10 heteroatoms. The lowest BCUT2D eigenvalue weighted by molar-refractivity contribution is 0.173. The number of carbonyl (C=O) groups excluding carboxylic acids is 1. The second kappa shape index (κ2) is 7.63. The van der Waals surface area contributed by atoms with Crippen LogP contribution in [0.5, 0.6) is 0 Å². The molecular weight excluding hydrogens is 430 g/mol. The topological polar surface area (TPSA) is 109 Å². The van der Waals surface area contributed by atoms with Crippen molar-refractivity contribution in [3.8, 4) is 11.3 Å². The molecule has 166 valence electrons. The summed E-state index contributed by atoms with van der Waals surface area (Å²) in [6.07, 6.45) is 4.11. The fourth-order valence-corrected chi connectivity index (χ4v) is 5.49. The van der Waals surface area contributed by atoms with Crippen LogP contribution >= 0.6 is 0 Å². The summed E-state index contributed by atoms with van der Waals surface area (Å²) < 4.78 is 31.3. The number of carbonyl (C=O) groups is 1. The van der Waals surface area contributed by atoms with E-state index in [1.165, 1.54) is 10.6 Å². The molecule has 0 radical (unpaired) electrons. The fraction of sp³-hybridized carbons (Fsp3) is 0.318. The largest absolute Gasteiger partial charge is 0.338 e. The van der Waals surface area contributed by atoms with E-state index in [0.29, 0.717) is 44.0 Å². The van der Waals surface area contributed by atoms with E-state index in [9.17, 15) is 13.2 Å². The number of likely N-dealkylation sites (tertiary alicyclic amines) is 1. The maximum Gasteiger partial charge on any atom is 0.324 e. The molecule has 2 aliphatic rings. The van der Waals surface area contributed by atoms with E-state index in [2.05, 4.69) is 15.5 Å². The number of urea groups is 1. The molecule has 5 rings (SSSR count). The van der Waals surface area contributed by atoms with Crippen LogP contribution in [0.2, 0.25) is 0 Å². The molecular formula is C22H23N5O4S. The van der Waals surface area contributed by atoms with Crippen molar-refractivity contribution < 1.29 is 17.7 Å². The van der Waals surface area contributed by atoms with Gasteiger partial charge in [-0.05, 0) is 18.9 Å². The summed E-state index contributed by atoms with van der Waals surface area (Å²) in [7, 11) is -3.42. The Morgan fingerprint density at radius 3 is 2.59 bits per heavy atom. The van der Waals surface area contributed by atoms with Gasteiger partial charge in [-0.1, -0.05) is 41.6 Å². The van der Waals surface area contributed by atoms with Gasteiger partial charge in [-0.15, -0.1) is 0 Å². The molecule has 9 nitrogen and oxygen atoms in total. The number of sulfonamides is 1. The molecule has 4 heterocycles. The summed E-state index contributed by atoms with van der Waals surface area (Å²) in [6.45, 7) is 1.35. The van der Waals surface area contributed by atoms with E-state index in [1.807, 2.05) is 42.5 Å². The highest BCUT2D eigenvalue weighted by molar-refractivity contribution is 7.92. The lowest BCUT2D eigenvalue weighted by atomic mass is 9.75. The van der Waals surface area contributed by atoms with Gasteiger partial charge in [0.1, 0.15) is 11.5 Å². The van der Waals surface area contributed by atoms with Gasteiger partial charge in [0.05, 0.1) is 6.26 Å². The first-order valence-corrected chi connectivity index (χ1v) is 12.2. The Labute approximate surface area is 186 Å².